The summed E-state index contributed by atoms with van der Waals surface area (Å²) in [6.07, 6.45) is 1.63. The number of carbonyl (C=O) groups is 1. The molecule has 0 spiro atoms. The van der Waals surface area contributed by atoms with Crippen LogP contribution >= 0.6 is 67.8 Å². The topological polar surface area (TPSA) is 47.9 Å². The Bertz CT molecular complexity index is 1220. The minimum Gasteiger partial charge on any atom is -0.487 e. The number of hydrogen-bond donors (Lipinski definition) is 0. The van der Waals surface area contributed by atoms with Crippen LogP contribution in [0.4, 0.5) is 4.39 Å². The summed E-state index contributed by atoms with van der Waals surface area (Å²) < 4.78 is 28.2. The van der Waals surface area contributed by atoms with Crippen LogP contribution < -0.4 is 4.74 Å². The smallest absolute Gasteiger partial charge is 0.363 e. The van der Waals surface area contributed by atoms with Gasteiger partial charge in [0, 0.05) is 9.13 Å². The number of esters is 1. The Kier molecular flexibility index (Phi) is 7.26. The Morgan fingerprint density at radius 1 is 0.968 bits per heavy atom. The molecule has 3 aromatic rings. The lowest BCUT2D eigenvalue weighted by Crippen LogP contribution is -2.07. The van der Waals surface area contributed by atoms with Crippen LogP contribution in [0.25, 0.3) is 6.08 Å². The summed E-state index contributed by atoms with van der Waals surface area (Å²) in [4.78, 5) is 16.4. The normalized spacial score (nSPS) is 14.5. The molecule has 0 unspecified atom stereocenters. The fourth-order valence-corrected chi connectivity index (χ4v) is 5.55. The Morgan fingerprint density at radius 2 is 1.65 bits per heavy atom. The second-order valence-corrected chi connectivity index (χ2v) is 10.00. The predicted molar refractivity (Wildman–Crippen MR) is 142 cm³/mol. The van der Waals surface area contributed by atoms with Gasteiger partial charge in [-0.25, -0.2) is 14.2 Å². The number of cyclic esters (lactones) is 1. The van der Waals surface area contributed by atoms with Gasteiger partial charge in [0.15, 0.2) is 5.70 Å². The summed E-state index contributed by atoms with van der Waals surface area (Å²) in [5.41, 5.74) is 2.17. The first-order chi connectivity index (χ1) is 14.9. The lowest BCUT2D eigenvalue weighted by molar-refractivity contribution is -0.129. The molecule has 4 nitrogen and oxygen atoms in total. The van der Waals surface area contributed by atoms with Gasteiger partial charge in [0.2, 0.25) is 5.90 Å². The molecule has 0 saturated heterocycles. The van der Waals surface area contributed by atoms with Gasteiger partial charge < -0.3 is 9.47 Å². The van der Waals surface area contributed by atoms with E-state index in [0.29, 0.717) is 6.61 Å². The number of benzene rings is 3. The fraction of sp³-hybridized carbons (Fsp3) is 0.0435. The first-order valence-corrected chi connectivity index (χ1v) is 12.3. The van der Waals surface area contributed by atoms with Crippen LogP contribution in [0.2, 0.25) is 0 Å². The molecular formula is C23H13FI3NO3. The largest absolute Gasteiger partial charge is 0.487 e. The van der Waals surface area contributed by atoms with Crippen LogP contribution in [0.3, 0.4) is 0 Å². The average Bonchev–Trinajstić information content (AvgIpc) is 3.09. The lowest BCUT2D eigenvalue weighted by atomic mass is 10.2. The van der Waals surface area contributed by atoms with Crippen molar-refractivity contribution in [3.8, 4) is 5.75 Å². The van der Waals surface area contributed by atoms with Crippen LogP contribution in [-0.2, 0) is 16.1 Å². The maximum Gasteiger partial charge on any atom is 0.363 e. The van der Waals surface area contributed by atoms with E-state index in [1.807, 2.05) is 36.4 Å². The van der Waals surface area contributed by atoms with Crippen LogP contribution in [0.1, 0.15) is 16.7 Å². The third-order valence-corrected chi connectivity index (χ3v) is 7.03. The molecule has 0 aromatic heterocycles. The Hall–Kier alpha value is -1.54. The Labute approximate surface area is 219 Å². The molecule has 3 aromatic carbocycles. The van der Waals surface area contributed by atoms with Crippen molar-refractivity contribution in [1.29, 1.82) is 0 Å². The third-order valence-electron chi connectivity index (χ3n) is 4.38. The predicted octanol–water partition coefficient (Wildman–Crippen LogP) is 6.56. The summed E-state index contributed by atoms with van der Waals surface area (Å²) in [6, 6.07) is 17.9. The molecule has 8 heteroatoms. The maximum atomic E-state index is 14.0. The molecule has 0 aliphatic carbocycles. The zero-order valence-corrected chi connectivity index (χ0v) is 22.2. The molecule has 156 valence electrons. The highest BCUT2D eigenvalue weighted by Crippen LogP contribution is 2.31. The van der Waals surface area contributed by atoms with Crippen molar-refractivity contribution in [2.75, 3.05) is 0 Å². The van der Waals surface area contributed by atoms with E-state index in [4.69, 9.17) is 9.47 Å². The van der Waals surface area contributed by atoms with Crippen molar-refractivity contribution in [3.63, 3.8) is 0 Å². The number of aliphatic imine (C=N–C) groups is 1. The van der Waals surface area contributed by atoms with E-state index >= 15 is 0 Å². The zero-order valence-electron chi connectivity index (χ0n) is 15.7. The monoisotopic (exact) mass is 751 g/mol. The molecule has 1 aliphatic rings. The molecule has 0 radical (unpaired) electrons. The van der Waals surface area contributed by atoms with Crippen LogP contribution in [0, 0.1) is 16.5 Å². The molecule has 0 bridgehead atoms. The first-order valence-electron chi connectivity index (χ1n) is 9.05. The van der Waals surface area contributed by atoms with Gasteiger partial charge in [-0.2, -0.15) is 0 Å². The molecule has 4 rings (SSSR count). The van der Waals surface area contributed by atoms with Crippen molar-refractivity contribution in [3.05, 3.63) is 99.6 Å². The van der Waals surface area contributed by atoms with Gasteiger partial charge in [0.25, 0.3) is 0 Å². The van der Waals surface area contributed by atoms with Crippen molar-refractivity contribution < 1.29 is 18.7 Å². The molecule has 31 heavy (non-hydrogen) atoms. The number of nitrogens with zero attached hydrogens (tertiary/aromatic N) is 1. The van der Waals surface area contributed by atoms with Gasteiger partial charge in [-0.1, -0.05) is 30.3 Å². The van der Waals surface area contributed by atoms with Crippen LogP contribution in [0.5, 0.6) is 5.75 Å². The van der Waals surface area contributed by atoms with Gasteiger partial charge in [0.1, 0.15) is 18.2 Å². The third kappa shape index (κ3) is 5.28. The number of rotatable bonds is 5. The SMILES string of the molecule is O=C1OC(c2ccccc2F)=N/C1=C\c1cc(I)c(OCc2ccccc2I)c(I)c1. The minimum atomic E-state index is -0.609. The average molecular weight is 751 g/mol. The highest BCUT2D eigenvalue weighted by atomic mass is 127. The lowest BCUT2D eigenvalue weighted by Gasteiger charge is -2.12. The van der Waals surface area contributed by atoms with Crippen molar-refractivity contribution in [2.45, 2.75) is 6.61 Å². The van der Waals surface area contributed by atoms with Gasteiger partial charge >= 0.3 is 5.97 Å². The quantitative estimate of drug-likeness (QED) is 0.169. The second-order valence-electron chi connectivity index (χ2n) is 6.51. The van der Waals surface area contributed by atoms with Gasteiger partial charge in [-0.15, -0.1) is 0 Å². The molecule has 0 atom stereocenters. The van der Waals surface area contributed by atoms with E-state index in [1.165, 1.54) is 12.1 Å². The summed E-state index contributed by atoms with van der Waals surface area (Å²) in [6.45, 7) is 0.466. The fourth-order valence-electron chi connectivity index (χ4n) is 2.88. The summed E-state index contributed by atoms with van der Waals surface area (Å²) in [5.74, 6) is -0.347. The molecule has 0 N–H and O–H groups in total. The van der Waals surface area contributed by atoms with E-state index in [1.54, 1.807) is 18.2 Å². The van der Waals surface area contributed by atoms with E-state index in [9.17, 15) is 9.18 Å². The molecule has 0 fully saturated rings. The van der Waals surface area contributed by atoms with Crippen molar-refractivity contribution in [2.24, 2.45) is 4.99 Å². The minimum absolute atomic E-state index is 0.0313. The van der Waals surface area contributed by atoms with E-state index < -0.39 is 11.8 Å². The number of halogens is 4. The number of hydrogen-bond acceptors (Lipinski definition) is 4. The summed E-state index contributed by atoms with van der Waals surface area (Å²) >= 11 is 6.71. The van der Waals surface area contributed by atoms with Crippen LogP contribution in [-0.4, -0.2) is 11.9 Å². The molecule has 0 amide bonds. The summed E-state index contributed by atoms with van der Waals surface area (Å²) in [5, 5.41) is 0. The van der Waals surface area contributed by atoms with E-state index in [2.05, 4.69) is 72.8 Å². The Balaban J connectivity index is 1.58. The van der Waals surface area contributed by atoms with Crippen LogP contribution in [0.15, 0.2) is 71.4 Å². The zero-order chi connectivity index (χ0) is 22.0. The van der Waals surface area contributed by atoms with Gasteiger partial charge in [-0.05, 0) is 110 Å². The van der Waals surface area contributed by atoms with Crippen molar-refractivity contribution in [1.82, 2.24) is 0 Å². The second kappa shape index (κ2) is 9.94. The van der Waals surface area contributed by atoms with E-state index in [0.717, 1.165) is 27.6 Å². The number of carbonyl (C=O) groups excluding carboxylic acids is 1. The standard InChI is InChI=1S/C23H13FI3NO3/c24-16-7-3-2-6-15(16)22-28-20(23(29)31-22)11-13-9-18(26)21(19(27)10-13)30-12-14-5-1-4-8-17(14)25/h1-11H,12H2/b20-11-. The molecule has 1 aliphatic heterocycles. The molecular weight excluding hydrogens is 738 g/mol. The summed E-state index contributed by atoms with van der Waals surface area (Å²) in [7, 11) is 0. The highest BCUT2D eigenvalue weighted by molar-refractivity contribution is 14.1. The Morgan fingerprint density at radius 3 is 2.35 bits per heavy atom. The maximum absolute atomic E-state index is 14.0. The van der Waals surface area contributed by atoms with Gasteiger partial charge in [0.05, 0.1) is 12.7 Å². The molecule has 1 heterocycles. The highest BCUT2D eigenvalue weighted by Gasteiger charge is 2.26. The first kappa shape index (κ1) is 22.6. The number of ether oxygens (including phenoxy) is 2. The van der Waals surface area contributed by atoms with E-state index in [-0.39, 0.29) is 17.2 Å². The van der Waals surface area contributed by atoms with Gasteiger partial charge in [-0.3, -0.25) is 0 Å². The molecule has 0 saturated carbocycles. The van der Waals surface area contributed by atoms with Crippen molar-refractivity contribution >= 4 is 85.7 Å².